The normalized spacial score (nSPS) is 35.8. The fourth-order valence-electron chi connectivity index (χ4n) is 1.89. The molecule has 0 aromatic rings. The second-order valence-corrected chi connectivity index (χ2v) is 3.90. The summed E-state index contributed by atoms with van der Waals surface area (Å²) in [6, 6.07) is 0. The van der Waals surface area contributed by atoms with E-state index in [4.69, 9.17) is 0 Å². The number of alkyl halides is 3. The molecule has 3 unspecified atom stereocenters. The van der Waals surface area contributed by atoms with Crippen molar-refractivity contribution in [3.63, 3.8) is 0 Å². The molecule has 8 heteroatoms. The van der Waals surface area contributed by atoms with Crippen LogP contribution in [-0.4, -0.2) is 34.1 Å². The molecule has 0 heterocycles. The predicted molar refractivity (Wildman–Crippen MR) is 45.2 cm³/mol. The van der Waals surface area contributed by atoms with E-state index >= 15 is 0 Å². The molecule has 0 aliphatic heterocycles. The van der Waals surface area contributed by atoms with Gasteiger partial charge in [-0.05, 0) is 6.42 Å². The van der Waals surface area contributed by atoms with E-state index in [0.29, 0.717) is 0 Å². The summed E-state index contributed by atoms with van der Waals surface area (Å²) in [5, 5.41) is 19.8. The summed E-state index contributed by atoms with van der Waals surface area (Å²) in [6.07, 6.45) is -8.29. The summed E-state index contributed by atoms with van der Waals surface area (Å²) < 4.78 is 37.9. The number of carbonyl (C=O) groups excluding carboxylic acids is 1. The smallest absolute Gasteiger partial charge is 0.392 e. The maximum absolute atomic E-state index is 12.6. The molecule has 0 aromatic heterocycles. The number of rotatable bonds is 2. The second-order valence-electron chi connectivity index (χ2n) is 3.90. The van der Waals surface area contributed by atoms with Crippen molar-refractivity contribution < 1.29 is 28.0 Å². The third kappa shape index (κ3) is 1.89. The van der Waals surface area contributed by atoms with Gasteiger partial charge < -0.3 is 9.90 Å². The van der Waals surface area contributed by atoms with Crippen molar-refractivity contribution in [2.24, 2.45) is 5.92 Å². The minimum absolute atomic E-state index is 0.147. The summed E-state index contributed by atoms with van der Waals surface area (Å²) in [5.74, 6) is -1.33. The lowest BCUT2D eigenvalue weighted by atomic mass is 9.74. The van der Waals surface area contributed by atoms with Gasteiger partial charge in [0.2, 0.25) is 0 Å². The quantitative estimate of drug-likeness (QED) is 0.443. The van der Waals surface area contributed by atoms with Crippen molar-refractivity contribution in [3.05, 3.63) is 10.1 Å². The molecule has 5 nitrogen and oxygen atoms in total. The van der Waals surface area contributed by atoms with Gasteiger partial charge in [-0.1, -0.05) is 0 Å². The molecule has 3 atom stereocenters. The van der Waals surface area contributed by atoms with Crippen LogP contribution in [0.1, 0.15) is 19.3 Å². The van der Waals surface area contributed by atoms with Crippen LogP contribution in [0.5, 0.6) is 0 Å². The monoisotopic (exact) mass is 241 g/mol. The molecule has 92 valence electrons. The number of aliphatic hydroxyl groups is 1. The van der Waals surface area contributed by atoms with Gasteiger partial charge in [-0.2, -0.15) is 13.2 Å². The third-order valence-corrected chi connectivity index (χ3v) is 2.97. The highest BCUT2D eigenvalue weighted by Crippen LogP contribution is 2.45. The first-order chi connectivity index (χ1) is 7.24. The molecule has 0 radical (unpaired) electrons. The Kier molecular flexibility index (Phi) is 3.22. The Bertz CT molecular complexity index is 306. The summed E-state index contributed by atoms with van der Waals surface area (Å²) >= 11 is 0. The first-order valence-electron chi connectivity index (χ1n) is 4.59. The lowest BCUT2D eigenvalue weighted by Gasteiger charge is -2.35. The van der Waals surface area contributed by atoms with Gasteiger partial charge in [0.05, 0.1) is 6.10 Å². The van der Waals surface area contributed by atoms with E-state index in [1.54, 1.807) is 0 Å². The third-order valence-electron chi connectivity index (χ3n) is 2.97. The molecule has 1 N–H and O–H groups in total. The highest BCUT2D eigenvalue weighted by atomic mass is 19.4. The van der Waals surface area contributed by atoms with E-state index in [2.05, 4.69) is 0 Å². The van der Waals surface area contributed by atoms with Crippen molar-refractivity contribution >= 4 is 6.29 Å². The van der Waals surface area contributed by atoms with Gasteiger partial charge >= 0.3 is 11.7 Å². The number of nitro groups is 1. The number of hydrogen-bond acceptors (Lipinski definition) is 4. The molecule has 0 aromatic carbocycles. The van der Waals surface area contributed by atoms with E-state index in [1.165, 1.54) is 0 Å². The van der Waals surface area contributed by atoms with Crippen molar-refractivity contribution in [2.75, 3.05) is 0 Å². The molecule has 1 aliphatic rings. The van der Waals surface area contributed by atoms with Crippen molar-refractivity contribution in [2.45, 2.75) is 37.1 Å². The van der Waals surface area contributed by atoms with Gasteiger partial charge in [-0.15, -0.1) is 0 Å². The molecule has 0 spiro atoms. The Hall–Kier alpha value is -1.18. The predicted octanol–water partition coefficient (Wildman–Crippen LogP) is 0.924. The molecule has 1 fully saturated rings. The van der Waals surface area contributed by atoms with Crippen LogP contribution in [0.15, 0.2) is 0 Å². The van der Waals surface area contributed by atoms with Gasteiger partial charge in [0, 0.05) is 23.7 Å². The van der Waals surface area contributed by atoms with Gasteiger partial charge in [0.15, 0.2) is 0 Å². The van der Waals surface area contributed by atoms with Gasteiger partial charge in [0.25, 0.3) is 0 Å². The first-order valence-corrected chi connectivity index (χ1v) is 4.59. The summed E-state index contributed by atoms with van der Waals surface area (Å²) in [5.41, 5.74) is -3.10. The molecule has 0 bridgehead atoms. The molecule has 1 saturated carbocycles. The number of nitrogens with zero attached hydrogens (tertiary/aromatic N) is 1. The summed E-state index contributed by atoms with van der Waals surface area (Å²) in [4.78, 5) is 19.6. The molecule has 0 amide bonds. The highest BCUT2D eigenvalue weighted by molar-refractivity contribution is 5.55. The zero-order chi connectivity index (χ0) is 12.6. The Morgan fingerprint density at radius 2 is 2.06 bits per heavy atom. The van der Waals surface area contributed by atoms with E-state index in [0.717, 1.165) is 0 Å². The Labute approximate surface area is 88.4 Å². The van der Waals surface area contributed by atoms with Gasteiger partial charge in [-0.25, -0.2) is 0 Å². The molecular weight excluding hydrogens is 231 g/mol. The summed E-state index contributed by atoms with van der Waals surface area (Å²) in [7, 11) is 0. The number of carbonyl (C=O) groups is 1. The summed E-state index contributed by atoms with van der Waals surface area (Å²) in [6.45, 7) is 0. The van der Waals surface area contributed by atoms with Crippen LogP contribution in [0.25, 0.3) is 0 Å². The molecular formula is C8H10F3NO4. The SMILES string of the molecule is O=CC1CC([N+](=O)[O-])(C(F)(F)F)CCC1O. The average Bonchev–Trinajstić information content (AvgIpc) is 2.16. The Morgan fingerprint density at radius 1 is 1.50 bits per heavy atom. The lowest BCUT2D eigenvalue weighted by Crippen LogP contribution is -2.57. The maximum Gasteiger partial charge on any atom is 0.460 e. The van der Waals surface area contributed by atoms with Crippen molar-refractivity contribution in [3.8, 4) is 0 Å². The standard InChI is InChI=1S/C8H10F3NO4/c9-8(10,11)7(12(15)16)2-1-6(14)5(3-7)4-13/h4-6,14H,1-3H2. The van der Waals surface area contributed by atoms with Crippen molar-refractivity contribution in [1.82, 2.24) is 0 Å². The topological polar surface area (TPSA) is 80.4 Å². The van der Waals surface area contributed by atoms with Crippen molar-refractivity contribution in [1.29, 1.82) is 0 Å². The van der Waals surface area contributed by atoms with Crippen LogP contribution >= 0.6 is 0 Å². The highest BCUT2D eigenvalue weighted by Gasteiger charge is 2.67. The molecule has 0 saturated heterocycles. The van der Waals surface area contributed by atoms with Gasteiger partial charge in [0.1, 0.15) is 6.29 Å². The van der Waals surface area contributed by atoms with E-state index in [1.807, 2.05) is 0 Å². The first kappa shape index (κ1) is 12.9. The van der Waals surface area contributed by atoms with Crippen LogP contribution in [0, 0.1) is 16.0 Å². The number of halogens is 3. The van der Waals surface area contributed by atoms with Crippen LogP contribution in [-0.2, 0) is 4.79 Å². The van der Waals surface area contributed by atoms with E-state index in [9.17, 15) is 33.2 Å². The number of hydrogen-bond donors (Lipinski definition) is 1. The molecule has 16 heavy (non-hydrogen) atoms. The largest absolute Gasteiger partial charge is 0.460 e. The zero-order valence-electron chi connectivity index (χ0n) is 8.11. The number of aliphatic hydroxyl groups excluding tert-OH is 1. The fourth-order valence-corrected chi connectivity index (χ4v) is 1.89. The fraction of sp³-hybridized carbons (Fsp3) is 0.875. The molecule has 1 aliphatic carbocycles. The van der Waals surface area contributed by atoms with Crippen LogP contribution in [0.3, 0.4) is 0 Å². The van der Waals surface area contributed by atoms with E-state index < -0.39 is 47.9 Å². The zero-order valence-corrected chi connectivity index (χ0v) is 8.11. The second kappa shape index (κ2) is 4.00. The Balaban J connectivity index is 3.06. The molecule has 1 rings (SSSR count). The minimum atomic E-state index is -5.02. The van der Waals surface area contributed by atoms with Gasteiger partial charge in [-0.3, -0.25) is 10.1 Å². The minimum Gasteiger partial charge on any atom is -0.392 e. The average molecular weight is 241 g/mol. The van der Waals surface area contributed by atoms with E-state index in [-0.39, 0.29) is 6.29 Å². The van der Waals surface area contributed by atoms with Crippen LogP contribution in [0.2, 0.25) is 0 Å². The maximum atomic E-state index is 12.6. The Morgan fingerprint density at radius 3 is 2.44 bits per heavy atom. The van der Waals surface area contributed by atoms with Crippen LogP contribution in [0.4, 0.5) is 13.2 Å². The lowest BCUT2D eigenvalue weighted by molar-refractivity contribution is -0.619. The van der Waals surface area contributed by atoms with Crippen LogP contribution < -0.4 is 0 Å². The number of aldehydes is 1.